The Hall–Kier alpha value is -5.40. The van der Waals surface area contributed by atoms with Gasteiger partial charge in [-0.25, -0.2) is 0 Å². The van der Waals surface area contributed by atoms with Crippen LogP contribution in [-0.2, 0) is 5.41 Å². The summed E-state index contributed by atoms with van der Waals surface area (Å²) in [6.45, 7) is 4.89. The maximum absolute atomic E-state index is 2.57. The average Bonchev–Trinajstić information content (AvgIpc) is 3.97. The summed E-state index contributed by atoms with van der Waals surface area (Å²) in [4.78, 5) is 2.57. The molecule has 1 nitrogen and oxygen atoms in total. The summed E-state index contributed by atoms with van der Waals surface area (Å²) in [5.41, 5.74) is 17.3. The number of hydrogen-bond acceptors (Lipinski definition) is 1. The highest BCUT2D eigenvalue weighted by molar-refractivity contribution is 6.00. The van der Waals surface area contributed by atoms with Crippen molar-refractivity contribution in [1.29, 1.82) is 0 Å². The predicted octanol–water partition coefficient (Wildman–Crippen LogP) is 15.9. The van der Waals surface area contributed by atoms with E-state index in [4.69, 9.17) is 0 Å². The van der Waals surface area contributed by atoms with Gasteiger partial charge < -0.3 is 4.90 Å². The summed E-state index contributed by atoms with van der Waals surface area (Å²) >= 11 is 0. The van der Waals surface area contributed by atoms with Crippen molar-refractivity contribution < 1.29 is 0 Å². The molecule has 3 atom stereocenters. The summed E-state index contributed by atoms with van der Waals surface area (Å²) in [5.74, 6) is 3.20. The van der Waals surface area contributed by atoms with Crippen LogP contribution in [0.25, 0.3) is 44.2 Å². The van der Waals surface area contributed by atoms with E-state index in [-0.39, 0.29) is 5.41 Å². The van der Waals surface area contributed by atoms with E-state index in [0.717, 1.165) is 17.8 Å². The maximum Gasteiger partial charge on any atom is 0.0540 e. The van der Waals surface area contributed by atoms with Crippen molar-refractivity contribution in [2.75, 3.05) is 4.90 Å². The third-order valence-electron chi connectivity index (χ3n) is 14.7. The van der Waals surface area contributed by atoms with Crippen molar-refractivity contribution >= 4 is 27.8 Å². The lowest BCUT2D eigenvalue weighted by Gasteiger charge is -2.30. The van der Waals surface area contributed by atoms with Gasteiger partial charge >= 0.3 is 0 Å². The van der Waals surface area contributed by atoms with E-state index in [1.54, 1.807) is 0 Å². The van der Waals surface area contributed by atoms with Gasteiger partial charge in [0.05, 0.1) is 5.69 Å². The zero-order valence-electron chi connectivity index (χ0n) is 33.6. The van der Waals surface area contributed by atoms with Crippen molar-refractivity contribution in [2.45, 2.75) is 88.9 Å². The number of benzene rings is 7. The monoisotopic (exact) mass is 739 g/mol. The molecule has 0 aliphatic heterocycles. The van der Waals surface area contributed by atoms with Crippen molar-refractivity contribution in [2.24, 2.45) is 11.8 Å². The highest BCUT2D eigenvalue weighted by Crippen LogP contribution is 2.56. The van der Waals surface area contributed by atoms with Gasteiger partial charge in [-0.2, -0.15) is 0 Å². The molecule has 3 unspecified atom stereocenters. The van der Waals surface area contributed by atoms with Gasteiger partial charge in [0.1, 0.15) is 0 Å². The Balaban J connectivity index is 1.05. The molecule has 0 N–H and O–H groups in total. The van der Waals surface area contributed by atoms with Crippen LogP contribution in [0.2, 0.25) is 0 Å². The van der Waals surface area contributed by atoms with Gasteiger partial charge in [0.15, 0.2) is 0 Å². The average molecular weight is 740 g/mol. The Morgan fingerprint density at radius 1 is 0.509 bits per heavy atom. The molecular formula is C56H53N. The molecule has 3 fully saturated rings. The molecule has 0 amide bonds. The zero-order chi connectivity index (χ0) is 38.1. The van der Waals surface area contributed by atoms with Crippen molar-refractivity contribution in [1.82, 2.24) is 0 Å². The molecule has 0 radical (unpaired) electrons. The Morgan fingerprint density at radius 2 is 1.21 bits per heavy atom. The topological polar surface area (TPSA) is 3.24 Å². The molecule has 0 aromatic heterocycles. The second-order valence-electron chi connectivity index (χ2n) is 18.3. The minimum absolute atomic E-state index is 0.203. The molecule has 2 bridgehead atoms. The highest BCUT2D eigenvalue weighted by Gasteiger charge is 2.41. The van der Waals surface area contributed by atoms with Gasteiger partial charge in [0, 0.05) is 22.2 Å². The fraction of sp³-hybridized carbons (Fsp3) is 0.286. The molecule has 4 aliphatic rings. The first-order valence-corrected chi connectivity index (χ1v) is 21.9. The molecule has 0 spiro atoms. The molecule has 4 aliphatic carbocycles. The molecule has 0 saturated heterocycles. The number of rotatable bonds is 7. The Kier molecular flexibility index (Phi) is 8.50. The third kappa shape index (κ3) is 5.88. The van der Waals surface area contributed by atoms with Crippen LogP contribution in [0.3, 0.4) is 0 Å². The lowest BCUT2D eigenvalue weighted by atomic mass is 9.77. The van der Waals surface area contributed by atoms with Crippen molar-refractivity contribution in [3.8, 4) is 33.4 Å². The minimum Gasteiger partial charge on any atom is -0.310 e. The molecular weight excluding hydrogens is 687 g/mol. The number of nitrogens with zero attached hydrogens (tertiary/aromatic N) is 1. The van der Waals surface area contributed by atoms with Crippen LogP contribution in [0.1, 0.15) is 106 Å². The molecule has 11 rings (SSSR count). The summed E-state index contributed by atoms with van der Waals surface area (Å²) in [7, 11) is 0. The van der Waals surface area contributed by atoms with Gasteiger partial charge in [0.25, 0.3) is 0 Å². The Morgan fingerprint density at radius 3 is 1.98 bits per heavy atom. The second kappa shape index (κ2) is 13.9. The van der Waals surface area contributed by atoms with Gasteiger partial charge in [0.2, 0.25) is 0 Å². The van der Waals surface area contributed by atoms with Crippen LogP contribution in [-0.4, -0.2) is 0 Å². The standard InChI is InChI=1S/C56H53N/c1-56(2)53-36-45(31-32-48(53)50-21-12-20-49(55(50)56)47-19-10-9-18-46(47)39-15-7-4-8-16-39)57(44-29-27-41(28-30-44)51-34-37-23-24-43(51)33-37)54-22-11-17-40-25-26-42(35-52(40)54)38-13-5-3-6-14-38/h4,7-12,15-22,25-32,35-38,43,51H,3,5-6,13-14,23-24,33-34H2,1-2H3. The fourth-order valence-electron chi connectivity index (χ4n) is 11.9. The lowest BCUT2D eigenvalue weighted by Crippen LogP contribution is -2.18. The maximum atomic E-state index is 2.57. The third-order valence-corrected chi connectivity index (χ3v) is 14.7. The quantitative estimate of drug-likeness (QED) is 0.157. The van der Waals surface area contributed by atoms with E-state index in [0.29, 0.717) is 5.92 Å². The first-order valence-electron chi connectivity index (χ1n) is 21.9. The number of anilines is 3. The van der Waals surface area contributed by atoms with Crippen LogP contribution in [0.4, 0.5) is 17.1 Å². The first-order chi connectivity index (χ1) is 28.0. The fourth-order valence-corrected chi connectivity index (χ4v) is 11.9. The number of hydrogen-bond donors (Lipinski definition) is 0. The minimum atomic E-state index is -0.203. The first kappa shape index (κ1) is 34.8. The Labute approximate surface area is 339 Å². The van der Waals surface area contributed by atoms with Crippen LogP contribution in [0.5, 0.6) is 0 Å². The molecule has 57 heavy (non-hydrogen) atoms. The molecule has 282 valence electrons. The van der Waals surface area contributed by atoms with E-state index in [1.807, 2.05) is 0 Å². The molecule has 0 heterocycles. The van der Waals surface area contributed by atoms with E-state index in [9.17, 15) is 0 Å². The molecule has 3 saturated carbocycles. The summed E-state index contributed by atoms with van der Waals surface area (Å²) < 4.78 is 0. The summed E-state index contributed by atoms with van der Waals surface area (Å²) in [5, 5.41) is 2.66. The molecule has 7 aromatic carbocycles. The van der Waals surface area contributed by atoms with Gasteiger partial charge in [-0.1, -0.05) is 155 Å². The van der Waals surface area contributed by atoms with E-state index in [1.165, 1.54) is 141 Å². The van der Waals surface area contributed by atoms with Crippen LogP contribution in [0.15, 0.2) is 152 Å². The van der Waals surface area contributed by atoms with Crippen molar-refractivity contribution in [3.63, 3.8) is 0 Å². The smallest absolute Gasteiger partial charge is 0.0540 e. The number of fused-ring (bicyclic) bond motifs is 6. The van der Waals surface area contributed by atoms with Gasteiger partial charge in [-0.05, 0) is 153 Å². The van der Waals surface area contributed by atoms with E-state index >= 15 is 0 Å². The van der Waals surface area contributed by atoms with Crippen LogP contribution >= 0.6 is 0 Å². The van der Waals surface area contributed by atoms with E-state index in [2.05, 4.69) is 170 Å². The van der Waals surface area contributed by atoms with Crippen LogP contribution < -0.4 is 4.90 Å². The largest absolute Gasteiger partial charge is 0.310 e. The predicted molar refractivity (Wildman–Crippen MR) is 241 cm³/mol. The SMILES string of the molecule is CC1(C)c2cc(N(c3ccc(C4CC5CCC4C5)cc3)c3cccc4ccc(C5CCCCC5)cc34)ccc2-c2cccc(-c3ccccc3-c3ccccc3)c21. The zero-order valence-corrected chi connectivity index (χ0v) is 33.6. The van der Waals surface area contributed by atoms with E-state index < -0.39 is 0 Å². The normalized spacial score (nSPS) is 20.8. The summed E-state index contributed by atoms with van der Waals surface area (Å²) in [6, 6.07) is 58.2. The van der Waals surface area contributed by atoms with Crippen molar-refractivity contribution in [3.05, 3.63) is 174 Å². The molecule has 7 aromatic rings. The molecule has 1 heteroatoms. The van der Waals surface area contributed by atoms with Crippen LogP contribution in [0, 0.1) is 11.8 Å². The summed E-state index contributed by atoms with van der Waals surface area (Å²) in [6.07, 6.45) is 12.3. The van der Waals surface area contributed by atoms with Gasteiger partial charge in [-0.3, -0.25) is 0 Å². The highest BCUT2D eigenvalue weighted by atomic mass is 15.1. The second-order valence-corrected chi connectivity index (χ2v) is 18.3. The van der Waals surface area contributed by atoms with Gasteiger partial charge in [-0.15, -0.1) is 0 Å². The Bertz CT molecular complexity index is 2610. The lowest BCUT2D eigenvalue weighted by molar-refractivity contribution is 0.420.